The van der Waals surface area contributed by atoms with E-state index in [-0.39, 0.29) is 6.04 Å². The highest BCUT2D eigenvalue weighted by Crippen LogP contribution is 1.97. The van der Waals surface area contributed by atoms with E-state index in [9.17, 15) is 0 Å². The van der Waals surface area contributed by atoms with Crippen LogP contribution in [-0.2, 0) is 0 Å². The molecular weight excluding hydrogens is 138 g/mol. The van der Waals surface area contributed by atoms with Gasteiger partial charge < -0.3 is 0 Å². The molecule has 0 rings (SSSR count). The molecule has 0 aliphatic rings. The molecule has 0 aromatic heterocycles. The molecule has 0 heterocycles. The Morgan fingerprint density at radius 2 is 2.09 bits per heavy atom. The van der Waals surface area contributed by atoms with E-state index in [0.29, 0.717) is 6.54 Å². The molecule has 0 radical (unpaired) electrons. The average Bonchev–Trinajstić information content (AvgIpc) is 2.03. The largest absolute Gasteiger partial charge is 0.275 e. The number of hydrogen-bond donors (Lipinski definition) is 0. The van der Waals surface area contributed by atoms with Crippen LogP contribution in [0, 0.1) is 22.7 Å². The molecule has 0 aliphatic carbocycles. The molecule has 0 amide bonds. The van der Waals surface area contributed by atoms with Gasteiger partial charge in [0.15, 0.2) is 0 Å². The summed E-state index contributed by atoms with van der Waals surface area (Å²) in [4.78, 5) is 1.86. The third-order valence-electron chi connectivity index (χ3n) is 1.52. The van der Waals surface area contributed by atoms with E-state index in [1.807, 2.05) is 24.8 Å². The summed E-state index contributed by atoms with van der Waals surface area (Å²) in [6, 6.07) is 4.01. The van der Waals surface area contributed by atoms with Crippen molar-refractivity contribution in [3.63, 3.8) is 0 Å². The fourth-order valence-electron chi connectivity index (χ4n) is 0.869. The smallest absolute Gasteiger partial charge is 0.0957 e. The molecule has 0 saturated heterocycles. The van der Waals surface area contributed by atoms with Crippen LogP contribution in [0.4, 0.5) is 0 Å². The highest BCUT2D eigenvalue weighted by atomic mass is 15.1. The Morgan fingerprint density at radius 1 is 1.45 bits per heavy atom. The minimum absolute atomic E-state index is 0.144. The lowest BCUT2D eigenvalue weighted by Crippen LogP contribution is -2.32. The first-order valence-corrected chi connectivity index (χ1v) is 3.76. The zero-order valence-electron chi connectivity index (χ0n) is 7.04. The van der Waals surface area contributed by atoms with Gasteiger partial charge in [0, 0.05) is 6.54 Å². The topological polar surface area (TPSA) is 50.8 Å². The lowest BCUT2D eigenvalue weighted by Gasteiger charge is -2.19. The summed E-state index contributed by atoms with van der Waals surface area (Å²) in [6.45, 7) is 5.02. The molecule has 0 bridgehead atoms. The maximum atomic E-state index is 8.56. The lowest BCUT2D eigenvalue weighted by molar-refractivity contribution is 0.276. The molecule has 0 aromatic rings. The van der Waals surface area contributed by atoms with Crippen LogP contribution in [0.2, 0.25) is 0 Å². The first kappa shape index (κ1) is 9.94. The van der Waals surface area contributed by atoms with Crippen LogP contribution in [0.1, 0.15) is 20.3 Å². The maximum absolute atomic E-state index is 8.56. The molecule has 11 heavy (non-hydrogen) atoms. The molecule has 0 aliphatic heterocycles. The van der Waals surface area contributed by atoms with Crippen LogP contribution in [0.5, 0.6) is 0 Å². The Balaban J connectivity index is 3.91. The SMILES string of the molecule is CCCN(CC#N)C(C)C#N. The third-order valence-corrected chi connectivity index (χ3v) is 1.52. The Hall–Kier alpha value is -1.06. The van der Waals surface area contributed by atoms with Crippen molar-refractivity contribution in [3.8, 4) is 12.1 Å². The summed E-state index contributed by atoms with van der Waals surface area (Å²) >= 11 is 0. The van der Waals surface area contributed by atoms with Gasteiger partial charge in [0.25, 0.3) is 0 Å². The van der Waals surface area contributed by atoms with Crippen molar-refractivity contribution in [1.29, 1.82) is 10.5 Å². The molecular formula is C8H13N3. The second-order valence-electron chi connectivity index (χ2n) is 2.43. The summed E-state index contributed by atoms with van der Waals surface area (Å²) in [5.41, 5.74) is 0. The van der Waals surface area contributed by atoms with Crippen LogP contribution in [0.15, 0.2) is 0 Å². The molecule has 0 fully saturated rings. The summed E-state index contributed by atoms with van der Waals surface area (Å²) in [7, 11) is 0. The molecule has 0 saturated carbocycles. The van der Waals surface area contributed by atoms with Gasteiger partial charge in [-0.25, -0.2) is 0 Å². The van der Waals surface area contributed by atoms with Gasteiger partial charge in [-0.3, -0.25) is 4.90 Å². The minimum Gasteiger partial charge on any atom is -0.275 e. The van der Waals surface area contributed by atoms with Gasteiger partial charge in [-0.05, 0) is 13.3 Å². The van der Waals surface area contributed by atoms with Gasteiger partial charge in [0.2, 0.25) is 0 Å². The summed E-state index contributed by atoms with van der Waals surface area (Å²) in [6.07, 6.45) is 0.980. The standard InChI is InChI=1S/C8H13N3/c1-3-5-11(6-4-9)8(2)7-10/h8H,3,5-6H2,1-2H3. The number of rotatable bonds is 4. The van der Waals surface area contributed by atoms with Crippen molar-refractivity contribution in [2.24, 2.45) is 0 Å². The summed E-state index contributed by atoms with van der Waals surface area (Å²) in [5.74, 6) is 0. The maximum Gasteiger partial charge on any atom is 0.0957 e. The Labute approximate surface area is 67.8 Å². The van der Waals surface area contributed by atoms with E-state index in [1.165, 1.54) is 0 Å². The highest BCUT2D eigenvalue weighted by Gasteiger charge is 2.10. The second-order valence-corrected chi connectivity index (χ2v) is 2.43. The third kappa shape index (κ3) is 3.60. The Bertz CT molecular complexity index is 175. The van der Waals surface area contributed by atoms with Crippen LogP contribution in [-0.4, -0.2) is 24.0 Å². The van der Waals surface area contributed by atoms with Crippen LogP contribution < -0.4 is 0 Å². The van der Waals surface area contributed by atoms with Crippen molar-refractivity contribution in [2.45, 2.75) is 26.3 Å². The van der Waals surface area contributed by atoms with Gasteiger partial charge in [0.05, 0.1) is 24.7 Å². The molecule has 3 nitrogen and oxygen atoms in total. The monoisotopic (exact) mass is 151 g/mol. The van der Waals surface area contributed by atoms with Crippen molar-refractivity contribution in [2.75, 3.05) is 13.1 Å². The Kier molecular flexibility index (Phi) is 5.15. The van der Waals surface area contributed by atoms with Crippen LogP contribution in [0.25, 0.3) is 0 Å². The van der Waals surface area contributed by atoms with Gasteiger partial charge in [0.1, 0.15) is 0 Å². The lowest BCUT2D eigenvalue weighted by atomic mass is 10.3. The quantitative estimate of drug-likeness (QED) is 0.566. The highest BCUT2D eigenvalue weighted by molar-refractivity contribution is 4.91. The molecule has 0 N–H and O–H groups in total. The number of nitrogens with zero attached hydrogens (tertiary/aromatic N) is 3. The van der Waals surface area contributed by atoms with Gasteiger partial charge in [-0.2, -0.15) is 10.5 Å². The molecule has 1 atom stereocenters. The van der Waals surface area contributed by atoms with E-state index in [4.69, 9.17) is 10.5 Å². The minimum atomic E-state index is -0.144. The van der Waals surface area contributed by atoms with E-state index in [1.54, 1.807) is 0 Å². The molecule has 0 aromatic carbocycles. The molecule has 0 spiro atoms. The molecule has 60 valence electrons. The normalized spacial score (nSPS) is 12.1. The fourth-order valence-corrected chi connectivity index (χ4v) is 0.869. The fraction of sp³-hybridized carbons (Fsp3) is 0.750. The zero-order valence-corrected chi connectivity index (χ0v) is 7.04. The molecule has 1 unspecified atom stereocenters. The van der Waals surface area contributed by atoms with Crippen molar-refractivity contribution < 1.29 is 0 Å². The van der Waals surface area contributed by atoms with E-state index < -0.39 is 0 Å². The van der Waals surface area contributed by atoms with Gasteiger partial charge >= 0.3 is 0 Å². The van der Waals surface area contributed by atoms with Crippen molar-refractivity contribution >= 4 is 0 Å². The van der Waals surface area contributed by atoms with Crippen LogP contribution >= 0.6 is 0 Å². The zero-order chi connectivity index (χ0) is 8.69. The first-order valence-electron chi connectivity index (χ1n) is 3.76. The first-order chi connectivity index (χ1) is 5.26. The van der Waals surface area contributed by atoms with Crippen molar-refractivity contribution in [1.82, 2.24) is 4.90 Å². The summed E-state index contributed by atoms with van der Waals surface area (Å²) < 4.78 is 0. The van der Waals surface area contributed by atoms with Crippen molar-refractivity contribution in [3.05, 3.63) is 0 Å². The van der Waals surface area contributed by atoms with Gasteiger partial charge in [-0.1, -0.05) is 6.92 Å². The molecule has 3 heteroatoms. The van der Waals surface area contributed by atoms with Gasteiger partial charge in [-0.15, -0.1) is 0 Å². The van der Waals surface area contributed by atoms with E-state index in [0.717, 1.165) is 13.0 Å². The van der Waals surface area contributed by atoms with E-state index >= 15 is 0 Å². The average molecular weight is 151 g/mol. The Morgan fingerprint density at radius 3 is 2.45 bits per heavy atom. The number of nitriles is 2. The predicted molar refractivity (Wildman–Crippen MR) is 42.6 cm³/mol. The van der Waals surface area contributed by atoms with Crippen LogP contribution in [0.3, 0.4) is 0 Å². The predicted octanol–water partition coefficient (Wildman–Crippen LogP) is 1.13. The van der Waals surface area contributed by atoms with E-state index in [2.05, 4.69) is 6.07 Å². The second kappa shape index (κ2) is 5.70. The summed E-state index contributed by atoms with van der Waals surface area (Å²) in [5, 5.41) is 17.0. The number of hydrogen-bond acceptors (Lipinski definition) is 3.